The van der Waals surface area contributed by atoms with Crippen LogP contribution < -0.4 is 0 Å². The van der Waals surface area contributed by atoms with Gasteiger partial charge in [-0.05, 0) is 30.2 Å². The Kier molecular flexibility index (Phi) is 5.26. The van der Waals surface area contributed by atoms with Gasteiger partial charge in [0.05, 0.1) is 11.0 Å². The van der Waals surface area contributed by atoms with Crippen molar-refractivity contribution >= 4 is 22.6 Å². The van der Waals surface area contributed by atoms with Gasteiger partial charge in [-0.15, -0.1) is 0 Å². The number of carbonyl (C=O) groups excluding carboxylic acids is 2. The van der Waals surface area contributed by atoms with E-state index >= 15 is 0 Å². The van der Waals surface area contributed by atoms with Crippen LogP contribution in [-0.4, -0.2) is 26.1 Å². The van der Waals surface area contributed by atoms with E-state index < -0.39 is 0 Å². The molecule has 5 nitrogen and oxygen atoms in total. The van der Waals surface area contributed by atoms with E-state index in [9.17, 15) is 9.59 Å². The number of pyridine rings is 1. The lowest BCUT2D eigenvalue weighted by molar-refractivity contribution is 0.0962. The zero-order valence-electron chi connectivity index (χ0n) is 15.4. The molecule has 0 aliphatic carbocycles. The molecule has 26 heavy (non-hydrogen) atoms. The molecule has 0 aliphatic rings. The molecule has 0 unspecified atom stereocenters. The second-order valence-corrected chi connectivity index (χ2v) is 6.93. The van der Waals surface area contributed by atoms with E-state index in [-0.39, 0.29) is 17.5 Å². The maximum absolute atomic E-state index is 12.5. The Labute approximate surface area is 153 Å². The first kappa shape index (κ1) is 18.0. The Balaban J connectivity index is 1.72. The van der Waals surface area contributed by atoms with E-state index in [0.29, 0.717) is 30.7 Å². The van der Waals surface area contributed by atoms with Gasteiger partial charge in [0.15, 0.2) is 11.6 Å². The fraction of sp³-hybridized carbons (Fsp3) is 0.333. The number of nitrogens with zero attached hydrogens (tertiary/aromatic N) is 3. The van der Waals surface area contributed by atoms with Crippen LogP contribution in [0.5, 0.6) is 0 Å². The van der Waals surface area contributed by atoms with Crippen LogP contribution in [0.4, 0.5) is 0 Å². The summed E-state index contributed by atoms with van der Waals surface area (Å²) in [6.07, 6.45) is 1.28. The summed E-state index contributed by atoms with van der Waals surface area (Å²) in [6.45, 7) is 3.98. The Morgan fingerprint density at radius 1 is 0.962 bits per heavy atom. The van der Waals surface area contributed by atoms with Gasteiger partial charge in [-0.2, -0.15) is 0 Å². The second-order valence-electron chi connectivity index (χ2n) is 6.93. The van der Waals surface area contributed by atoms with Crippen molar-refractivity contribution in [3.8, 4) is 0 Å². The molecule has 0 bridgehead atoms. The number of imidazole rings is 1. The minimum atomic E-state index is -0.0729. The molecule has 0 spiro atoms. The number of hydrogen-bond donors (Lipinski definition) is 0. The summed E-state index contributed by atoms with van der Waals surface area (Å²) >= 11 is 0. The molecule has 0 aliphatic heterocycles. The van der Waals surface area contributed by atoms with Gasteiger partial charge in [0.1, 0.15) is 17.2 Å². The quantitative estimate of drug-likeness (QED) is 0.605. The minimum absolute atomic E-state index is 0.0231. The first-order valence-corrected chi connectivity index (χ1v) is 8.89. The first-order valence-electron chi connectivity index (χ1n) is 8.89. The molecule has 0 fully saturated rings. The molecule has 0 saturated carbocycles. The molecule has 2 aromatic heterocycles. The predicted octanol–water partition coefficient (Wildman–Crippen LogP) is 4.01. The number of Topliss-reactive ketones (excluding diaryl/α,β-unsaturated/α-hetero) is 2. The van der Waals surface area contributed by atoms with Crippen LogP contribution in [0.3, 0.4) is 0 Å². The summed E-state index contributed by atoms with van der Waals surface area (Å²) in [5, 5.41) is 0. The number of aryl methyl sites for hydroxylation is 2. The summed E-state index contributed by atoms with van der Waals surface area (Å²) in [4.78, 5) is 33.6. The number of ketones is 2. The van der Waals surface area contributed by atoms with Gasteiger partial charge in [-0.25, -0.2) is 9.97 Å². The number of hydrogen-bond acceptors (Lipinski definition) is 4. The van der Waals surface area contributed by atoms with Crippen molar-refractivity contribution in [2.24, 2.45) is 13.0 Å². The highest BCUT2D eigenvalue weighted by atomic mass is 16.1. The lowest BCUT2D eigenvalue weighted by Gasteiger charge is -2.06. The average Bonchev–Trinajstić information content (AvgIpc) is 2.95. The van der Waals surface area contributed by atoms with E-state index in [1.54, 1.807) is 18.2 Å². The molecule has 5 heteroatoms. The molecule has 0 saturated heterocycles. The standard InChI is InChI=1S/C21H23N3O2/c1-14(2)13-20(26)17-9-6-8-16(22-17)19(25)11-12-21-23-15-7-4-5-10-18(15)24(21)3/h4-10,14H,11-13H2,1-3H3. The van der Waals surface area contributed by atoms with Gasteiger partial charge >= 0.3 is 0 Å². The molecule has 3 rings (SSSR count). The van der Waals surface area contributed by atoms with Gasteiger partial charge in [-0.1, -0.05) is 32.0 Å². The van der Waals surface area contributed by atoms with Crippen LogP contribution in [0.2, 0.25) is 0 Å². The van der Waals surface area contributed by atoms with E-state index in [1.165, 1.54) is 0 Å². The maximum atomic E-state index is 12.5. The summed E-state index contributed by atoms with van der Waals surface area (Å²) < 4.78 is 2.01. The van der Waals surface area contributed by atoms with Crippen LogP contribution in [0.1, 0.15) is 53.5 Å². The van der Waals surface area contributed by atoms with Gasteiger partial charge in [-0.3, -0.25) is 9.59 Å². The van der Waals surface area contributed by atoms with E-state index in [4.69, 9.17) is 0 Å². The molecule has 0 radical (unpaired) electrons. The molecular formula is C21H23N3O2. The minimum Gasteiger partial charge on any atom is -0.331 e. The zero-order valence-corrected chi connectivity index (χ0v) is 15.4. The number of aromatic nitrogens is 3. The third-order valence-corrected chi connectivity index (χ3v) is 4.37. The van der Waals surface area contributed by atoms with E-state index in [1.807, 2.05) is 49.7 Å². The summed E-state index contributed by atoms with van der Waals surface area (Å²) in [6, 6.07) is 13.0. The summed E-state index contributed by atoms with van der Waals surface area (Å²) in [5.41, 5.74) is 2.69. The maximum Gasteiger partial charge on any atom is 0.181 e. The highest BCUT2D eigenvalue weighted by Gasteiger charge is 2.15. The molecule has 0 atom stereocenters. The Morgan fingerprint density at radius 2 is 1.65 bits per heavy atom. The number of benzene rings is 1. The van der Waals surface area contributed by atoms with Crippen LogP contribution >= 0.6 is 0 Å². The van der Waals surface area contributed by atoms with Crippen LogP contribution in [0.15, 0.2) is 42.5 Å². The Bertz CT molecular complexity index is 957. The second kappa shape index (κ2) is 7.60. The van der Waals surface area contributed by atoms with E-state index in [2.05, 4.69) is 9.97 Å². The average molecular weight is 349 g/mol. The van der Waals surface area contributed by atoms with Crippen molar-refractivity contribution in [1.82, 2.24) is 14.5 Å². The highest BCUT2D eigenvalue weighted by Crippen LogP contribution is 2.16. The smallest absolute Gasteiger partial charge is 0.181 e. The lowest BCUT2D eigenvalue weighted by Crippen LogP contribution is -2.11. The largest absolute Gasteiger partial charge is 0.331 e. The summed E-state index contributed by atoms with van der Waals surface area (Å²) in [7, 11) is 1.96. The SMILES string of the molecule is CC(C)CC(=O)c1cccc(C(=O)CCc2nc3ccccc3n2C)n1. The van der Waals surface area contributed by atoms with Crippen molar-refractivity contribution in [2.45, 2.75) is 33.1 Å². The van der Waals surface area contributed by atoms with Crippen molar-refractivity contribution in [2.75, 3.05) is 0 Å². The molecule has 3 aromatic rings. The number of para-hydroxylation sites is 2. The fourth-order valence-corrected chi connectivity index (χ4v) is 2.99. The van der Waals surface area contributed by atoms with Gasteiger partial charge in [0, 0.05) is 26.3 Å². The van der Waals surface area contributed by atoms with Gasteiger partial charge in [0.2, 0.25) is 0 Å². The Hall–Kier alpha value is -2.82. The molecular weight excluding hydrogens is 326 g/mol. The molecule has 1 aromatic carbocycles. The van der Waals surface area contributed by atoms with Crippen molar-refractivity contribution in [3.05, 3.63) is 59.7 Å². The highest BCUT2D eigenvalue weighted by molar-refractivity contribution is 5.98. The first-order chi connectivity index (χ1) is 12.5. The molecule has 0 N–H and O–H groups in total. The van der Waals surface area contributed by atoms with Crippen molar-refractivity contribution < 1.29 is 9.59 Å². The molecule has 0 amide bonds. The van der Waals surface area contributed by atoms with Crippen molar-refractivity contribution in [1.29, 1.82) is 0 Å². The van der Waals surface area contributed by atoms with Crippen molar-refractivity contribution in [3.63, 3.8) is 0 Å². The van der Waals surface area contributed by atoms with E-state index in [0.717, 1.165) is 16.9 Å². The number of fused-ring (bicyclic) bond motifs is 1. The Morgan fingerprint density at radius 3 is 2.35 bits per heavy atom. The lowest BCUT2D eigenvalue weighted by atomic mass is 10.0. The monoisotopic (exact) mass is 349 g/mol. The third-order valence-electron chi connectivity index (χ3n) is 4.37. The molecule has 2 heterocycles. The van der Waals surface area contributed by atoms with Gasteiger partial charge in [0.25, 0.3) is 0 Å². The third kappa shape index (κ3) is 3.87. The van der Waals surface area contributed by atoms with Crippen LogP contribution in [0.25, 0.3) is 11.0 Å². The predicted molar refractivity (Wildman–Crippen MR) is 101 cm³/mol. The fourth-order valence-electron chi connectivity index (χ4n) is 2.99. The van der Waals surface area contributed by atoms with Crippen LogP contribution in [0, 0.1) is 5.92 Å². The summed E-state index contributed by atoms with van der Waals surface area (Å²) in [5.74, 6) is 1.04. The molecule has 134 valence electrons. The van der Waals surface area contributed by atoms with Crippen LogP contribution in [-0.2, 0) is 13.5 Å². The zero-order chi connectivity index (χ0) is 18.7. The number of carbonyl (C=O) groups is 2. The van der Waals surface area contributed by atoms with Gasteiger partial charge < -0.3 is 4.57 Å². The normalized spacial score (nSPS) is 11.2. The topological polar surface area (TPSA) is 64.8 Å². The number of rotatable bonds is 7.